The van der Waals surface area contributed by atoms with Crippen molar-refractivity contribution in [3.05, 3.63) is 64.6 Å². The van der Waals surface area contributed by atoms with Gasteiger partial charge in [-0.3, -0.25) is 4.79 Å². The van der Waals surface area contributed by atoms with E-state index in [1.54, 1.807) is 12.1 Å². The van der Waals surface area contributed by atoms with Gasteiger partial charge in [-0.25, -0.2) is 10.8 Å². The summed E-state index contributed by atoms with van der Waals surface area (Å²) in [5.74, 6) is 5.81. The molecule has 17 heavy (non-hydrogen) atoms. The molecule has 2 aromatic rings. The fraction of sp³-hybridized carbons (Fsp3) is 0. The van der Waals surface area contributed by atoms with E-state index in [9.17, 15) is 4.79 Å². The summed E-state index contributed by atoms with van der Waals surface area (Å²) in [6.07, 6.45) is 0. The fourth-order valence-electron chi connectivity index (χ4n) is 1.39. The highest BCUT2D eigenvalue weighted by molar-refractivity contribution is 5.98. The topological polar surface area (TPSA) is 83.3 Å². The second kappa shape index (κ2) is 5.09. The molecule has 0 fully saturated rings. The van der Waals surface area contributed by atoms with Crippen molar-refractivity contribution in [2.24, 2.45) is 10.8 Å². The van der Waals surface area contributed by atoms with Gasteiger partial charge in [-0.05, 0) is 18.2 Å². The van der Waals surface area contributed by atoms with Gasteiger partial charge in [0.2, 0.25) is 5.56 Å². The molecule has 1 aromatic carbocycles. The minimum Gasteiger partial charge on any atom is -0.319 e. The second-order valence-corrected chi connectivity index (χ2v) is 3.37. The molecule has 0 bridgehead atoms. The van der Waals surface area contributed by atoms with Crippen LogP contribution >= 0.6 is 0 Å². The van der Waals surface area contributed by atoms with Crippen molar-refractivity contribution in [2.75, 3.05) is 0 Å². The number of aromatic nitrogens is 1. The number of hydrogen-bond acceptors (Lipinski definition) is 3. The Morgan fingerprint density at radius 2 is 1.88 bits per heavy atom. The molecule has 0 aliphatic heterocycles. The van der Waals surface area contributed by atoms with Gasteiger partial charge >= 0.3 is 0 Å². The summed E-state index contributed by atoms with van der Waals surface area (Å²) in [7, 11) is 0. The number of aromatic amines is 1. The van der Waals surface area contributed by atoms with E-state index >= 15 is 0 Å². The summed E-state index contributed by atoms with van der Waals surface area (Å²) >= 11 is 0. The van der Waals surface area contributed by atoms with Crippen molar-refractivity contribution in [3.8, 4) is 0 Å². The minimum absolute atomic E-state index is 0.196. The molecule has 0 atom stereocenters. The summed E-state index contributed by atoms with van der Waals surface area (Å²) < 4.78 is 0. The second-order valence-electron chi connectivity index (χ2n) is 3.37. The van der Waals surface area contributed by atoms with Crippen LogP contribution < -0.4 is 16.8 Å². The van der Waals surface area contributed by atoms with Gasteiger partial charge in [-0.1, -0.05) is 24.3 Å². The molecule has 0 saturated heterocycles. The van der Waals surface area contributed by atoms with Crippen molar-refractivity contribution in [1.29, 1.82) is 0 Å². The molecule has 0 saturated carbocycles. The van der Waals surface area contributed by atoms with E-state index in [1.807, 2.05) is 30.3 Å². The molecule has 4 N–H and O–H groups in total. The van der Waals surface area contributed by atoms with E-state index in [4.69, 9.17) is 5.84 Å². The maximum atomic E-state index is 11.2. The number of pyridine rings is 1. The van der Waals surface area contributed by atoms with Crippen molar-refractivity contribution < 1.29 is 0 Å². The first kappa shape index (κ1) is 11.1. The SMILES string of the molecule is NNC(=Nc1ccccc1)c1cccc(=O)[nH]1. The zero-order valence-corrected chi connectivity index (χ0v) is 9.05. The lowest BCUT2D eigenvalue weighted by molar-refractivity contribution is 1.01. The lowest BCUT2D eigenvalue weighted by atomic mass is 10.3. The summed E-state index contributed by atoms with van der Waals surface area (Å²) in [6.45, 7) is 0. The smallest absolute Gasteiger partial charge is 0.248 e. The van der Waals surface area contributed by atoms with Gasteiger partial charge in [-0.2, -0.15) is 0 Å². The van der Waals surface area contributed by atoms with Crippen molar-refractivity contribution in [3.63, 3.8) is 0 Å². The first-order valence-electron chi connectivity index (χ1n) is 5.09. The Morgan fingerprint density at radius 1 is 1.12 bits per heavy atom. The van der Waals surface area contributed by atoms with Crippen LogP contribution in [-0.2, 0) is 0 Å². The fourth-order valence-corrected chi connectivity index (χ4v) is 1.39. The van der Waals surface area contributed by atoms with Crippen LogP contribution in [0, 0.1) is 0 Å². The van der Waals surface area contributed by atoms with Crippen LogP contribution in [0.15, 0.2) is 58.3 Å². The maximum Gasteiger partial charge on any atom is 0.248 e. The number of nitrogens with one attached hydrogen (secondary N) is 2. The van der Waals surface area contributed by atoms with Gasteiger partial charge in [0.25, 0.3) is 0 Å². The minimum atomic E-state index is -0.196. The number of hydrazine groups is 1. The van der Waals surface area contributed by atoms with Crippen LogP contribution in [0.2, 0.25) is 0 Å². The number of amidine groups is 1. The predicted octanol–water partition coefficient (Wildman–Crippen LogP) is 0.916. The third kappa shape index (κ3) is 2.79. The lowest BCUT2D eigenvalue weighted by Crippen LogP contribution is -2.32. The molecule has 86 valence electrons. The molecular weight excluding hydrogens is 216 g/mol. The van der Waals surface area contributed by atoms with Gasteiger partial charge in [-0.15, -0.1) is 0 Å². The van der Waals surface area contributed by atoms with E-state index in [0.717, 1.165) is 5.69 Å². The number of para-hydroxylation sites is 1. The number of nitrogens with zero attached hydrogens (tertiary/aromatic N) is 1. The van der Waals surface area contributed by atoms with Crippen LogP contribution in [-0.4, -0.2) is 10.8 Å². The van der Waals surface area contributed by atoms with Crippen LogP contribution in [0.4, 0.5) is 5.69 Å². The average molecular weight is 228 g/mol. The standard InChI is InChI=1S/C12H12N4O/c13-16-12(10-7-4-8-11(17)15-10)14-9-5-2-1-3-6-9/h1-8H,13H2,(H,14,16)(H,15,17). The molecule has 2 rings (SSSR count). The highest BCUT2D eigenvalue weighted by atomic mass is 16.1. The third-order valence-corrected chi connectivity index (χ3v) is 2.16. The normalized spacial score (nSPS) is 11.2. The first-order chi connectivity index (χ1) is 8.29. The number of benzene rings is 1. The van der Waals surface area contributed by atoms with Gasteiger partial charge in [0.15, 0.2) is 5.84 Å². The molecule has 1 aromatic heterocycles. The van der Waals surface area contributed by atoms with Gasteiger partial charge in [0.1, 0.15) is 0 Å². The van der Waals surface area contributed by atoms with Gasteiger partial charge in [0.05, 0.1) is 11.4 Å². The zero-order valence-electron chi connectivity index (χ0n) is 9.05. The highest BCUT2D eigenvalue weighted by Crippen LogP contribution is 2.10. The van der Waals surface area contributed by atoms with Crippen LogP contribution in [0.1, 0.15) is 5.69 Å². The van der Waals surface area contributed by atoms with Crippen molar-refractivity contribution in [1.82, 2.24) is 10.4 Å². The Balaban J connectivity index is 2.41. The average Bonchev–Trinajstić information content (AvgIpc) is 2.37. The van der Waals surface area contributed by atoms with Crippen LogP contribution in [0.5, 0.6) is 0 Å². The maximum absolute atomic E-state index is 11.2. The summed E-state index contributed by atoms with van der Waals surface area (Å²) in [5, 5.41) is 0. The summed E-state index contributed by atoms with van der Waals surface area (Å²) in [4.78, 5) is 18.1. The van der Waals surface area contributed by atoms with E-state index in [1.165, 1.54) is 6.07 Å². The van der Waals surface area contributed by atoms with E-state index in [0.29, 0.717) is 11.5 Å². The molecule has 0 aliphatic rings. The van der Waals surface area contributed by atoms with Gasteiger partial charge < -0.3 is 10.4 Å². The molecule has 0 spiro atoms. The van der Waals surface area contributed by atoms with Crippen molar-refractivity contribution >= 4 is 11.5 Å². The summed E-state index contributed by atoms with van der Waals surface area (Å²) in [5.41, 5.74) is 3.58. The Hall–Kier alpha value is -2.40. The highest BCUT2D eigenvalue weighted by Gasteiger charge is 2.02. The largest absolute Gasteiger partial charge is 0.319 e. The Labute approximate surface area is 98.0 Å². The quantitative estimate of drug-likeness (QED) is 0.309. The molecule has 0 aliphatic carbocycles. The molecule has 0 unspecified atom stereocenters. The number of aliphatic imine (C=N–C) groups is 1. The lowest BCUT2D eigenvalue weighted by Gasteiger charge is -2.05. The number of H-pyrrole nitrogens is 1. The summed E-state index contributed by atoms with van der Waals surface area (Å²) in [6, 6.07) is 14.1. The zero-order chi connectivity index (χ0) is 12.1. The first-order valence-corrected chi connectivity index (χ1v) is 5.09. The van der Waals surface area contributed by atoms with E-state index < -0.39 is 0 Å². The number of rotatable bonds is 2. The Kier molecular flexibility index (Phi) is 3.32. The third-order valence-electron chi connectivity index (χ3n) is 2.16. The molecular formula is C12H12N4O. The van der Waals surface area contributed by atoms with Gasteiger partial charge in [0, 0.05) is 6.07 Å². The molecule has 5 nitrogen and oxygen atoms in total. The van der Waals surface area contributed by atoms with Crippen LogP contribution in [0.25, 0.3) is 0 Å². The predicted molar refractivity (Wildman–Crippen MR) is 67.0 cm³/mol. The van der Waals surface area contributed by atoms with E-state index in [2.05, 4.69) is 15.4 Å². The number of hydrogen-bond donors (Lipinski definition) is 3. The Bertz CT molecular complexity index is 574. The van der Waals surface area contributed by atoms with E-state index in [-0.39, 0.29) is 5.56 Å². The molecule has 5 heteroatoms. The van der Waals surface area contributed by atoms with Crippen LogP contribution in [0.3, 0.4) is 0 Å². The molecule has 0 amide bonds. The molecule has 0 radical (unpaired) electrons. The monoisotopic (exact) mass is 228 g/mol. The van der Waals surface area contributed by atoms with Crippen molar-refractivity contribution in [2.45, 2.75) is 0 Å². The number of nitrogens with two attached hydrogens (primary N) is 1. The Morgan fingerprint density at radius 3 is 2.53 bits per heavy atom. The molecule has 1 heterocycles.